The maximum Gasteiger partial charge on any atom is 0.183 e. The third-order valence-corrected chi connectivity index (χ3v) is 2.35. The number of fused-ring (bicyclic) bond motifs is 1. The molecule has 0 aliphatic carbocycles. The van der Waals surface area contributed by atoms with Crippen LogP contribution >= 0.6 is 0 Å². The number of hydrogen-bond donors (Lipinski definition) is 1. The normalized spacial score (nSPS) is 11.3. The molecule has 0 saturated heterocycles. The molecule has 0 saturated carbocycles. The summed E-state index contributed by atoms with van der Waals surface area (Å²) < 4.78 is 11.7. The van der Waals surface area contributed by atoms with Gasteiger partial charge in [-0.25, -0.2) is 14.6 Å². The first kappa shape index (κ1) is 11.7. The summed E-state index contributed by atoms with van der Waals surface area (Å²) in [5, 5.41) is 11.0. The molecule has 2 heterocycles. The molecule has 0 atom stereocenters. The van der Waals surface area contributed by atoms with Gasteiger partial charge >= 0.3 is 0 Å². The van der Waals surface area contributed by atoms with Crippen LogP contribution in [0.3, 0.4) is 0 Å². The third kappa shape index (κ3) is 2.32. The molecule has 0 bridgehead atoms. The molecule has 0 spiro atoms. The molecule has 0 unspecified atom stereocenters. The highest BCUT2D eigenvalue weighted by atomic mass is 16.7. The summed E-state index contributed by atoms with van der Waals surface area (Å²) in [6.45, 7) is 0.468. The van der Waals surface area contributed by atoms with E-state index in [9.17, 15) is 0 Å². The van der Waals surface area contributed by atoms with Gasteiger partial charge in [-0.2, -0.15) is 0 Å². The Morgan fingerprint density at radius 3 is 2.82 bits per heavy atom. The Kier molecular flexibility index (Phi) is 3.45. The highest BCUT2D eigenvalue weighted by Gasteiger charge is 2.11. The fraction of sp³-hybridized carbons (Fsp3) is 0.556. The van der Waals surface area contributed by atoms with Gasteiger partial charge < -0.3 is 14.8 Å². The van der Waals surface area contributed by atoms with Crippen LogP contribution in [-0.4, -0.2) is 52.0 Å². The Bertz CT molecular complexity index is 495. The molecule has 8 nitrogen and oxygen atoms in total. The van der Waals surface area contributed by atoms with E-state index >= 15 is 0 Å². The minimum absolute atomic E-state index is 0.336. The van der Waals surface area contributed by atoms with E-state index in [-0.39, 0.29) is 6.29 Å². The molecule has 2 rings (SSSR count). The number of nitrogens with one attached hydrogen (secondary N) is 1. The predicted molar refractivity (Wildman–Crippen MR) is 60.4 cm³/mol. The van der Waals surface area contributed by atoms with Crippen LogP contribution in [0.4, 0.5) is 5.82 Å². The van der Waals surface area contributed by atoms with E-state index in [2.05, 4.69) is 25.6 Å². The summed E-state index contributed by atoms with van der Waals surface area (Å²) in [4.78, 5) is 8.20. The lowest BCUT2D eigenvalue weighted by Gasteiger charge is -2.14. The molecular weight excluding hydrogens is 224 g/mol. The van der Waals surface area contributed by atoms with Crippen molar-refractivity contribution in [2.75, 3.05) is 26.1 Å². The van der Waals surface area contributed by atoms with E-state index in [0.717, 1.165) is 0 Å². The van der Waals surface area contributed by atoms with Gasteiger partial charge in [0.05, 0.1) is 6.54 Å². The van der Waals surface area contributed by atoms with E-state index in [1.165, 1.54) is 6.33 Å². The van der Waals surface area contributed by atoms with Gasteiger partial charge in [-0.05, 0) is 0 Å². The van der Waals surface area contributed by atoms with Crippen LogP contribution in [0.1, 0.15) is 0 Å². The Morgan fingerprint density at radius 1 is 1.35 bits per heavy atom. The van der Waals surface area contributed by atoms with Gasteiger partial charge in [0.25, 0.3) is 0 Å². The maximum absolute atomic E-state index is 5.07. The van der Waals surface area contributed by atoms with Crippen molar-refractivity contribution in [2.24, 2.45) is 7.05 Å². The average Bonchev–Trinajstić information content (AvgIpc) is 2.73. The first-order chi connectivity index (χ1) is 8.26. The SMILES string of the molecule is COC(CNc1ncnc2c1nnn2C)OC. The van der Waals surface area contributed by atoms with Crippen molar-refractivity contribution in [3.8, 4) is 0 Å². The van der Waals surface area contributed by atoms with Gasteiger partial charge in [0, 0.05) is 21.3 Å². The fourth-order valence-corrected chi connectivity index (χ4v) is 1.42. The van der Waals surface area contributed by atoms with Crippen LogP contribution in [0.15, 0.2) is 6.33 Å². The summed E-state index contributed by atoms with van der Waals surface area (Å²) in [7, 11) is 4.93. The number of hydrogen-bond acceptors (Lipinski definition) is 7. The molecule has 8 heteroatoms. The molecule has 0 fully saturated rings. The van der Waals surface area contributed by atoms with Crippen molar-refractivity contribution >= 4 is 17.0 Å². The summed E-state index contributed by atoms with van der Waals surface area (Å²) in [5.74, 6) is 0.613. The maximum atomic E-state index is 5.07. The Balaban J connectivity index is 2.18. The Morgan fingerprint density at radius 2 is 2.12 bits per heavy atom. The van der Waals surface area contributed by atoms with Crippen LogP contribution in [-0.2, 0) is 16.5 Å². The van der Waals surface area contributed by atoms with Gasteiger partial charge in [-0.3, -0.25) is 0 Å². The van der Waals surface area contributed by atoms with Crippen molar-refractivity contribution in [3.63, 3.8) is 0 Å². The van der Waals surface area contributed by atoms with Gasteiger partial charge in [-0.1, -0.05) is 5.21 Å². The molecule has 2 aromatic rings. The lowest BCUT2D eigenvalue weighted by Crippen LogP contribution is -2.24. The standard InChI is InChI=1S/C9H14N6O2/c1-15-9-7(13-14-15)8(11-5-12-9)10-4-6(16-2)17-3/h5-6H,4H2,1-3H3,(H,10,11,12). The first-order valence-electron chi connectivity index (χ1n) is 5.06. The molecule has 92 valence electrons. The lowest BCUT2D eigenvalue weighted by atomic mass is 10.4. The molecule has 0 aromatic carbocycles. The minimum Gasteiger partial charge on any atom is -0.363 e. The number of ether oxygens (including phenoxy) is 2. The quantitative estimate of drug-likeness (QED) is 0.721. The second kappa shape index (κ2) is 5.02. The molecule has 0 radical (unpaired) electrons. The van der Waals surface area contributed by atoms with Gasteiger partial charge in [0.2, 0.25) is 0 Å². The summed E-state index contributed by atoms with van der Waals surface area (Å²) in [5.41, 5.74) is 1.30. The zero-order valence-electron chi connectivity index (χ0n) is 9.91. The zero-order valence-corrected chi connectivity index (χ0v) is 9.91. The molecule has 17 heavy (non-hydrogen) atoms. The number of anilines is 1. The van der Waals surface area contributed by atoms with E-state index in [0.29, 0.717) is 23.5 Å². The fourth-order valence-electron chi connectivity index (χ4n) is 1.42. The Hall–Kier alpha value is -1.80. The summed E-state index contributed by atoms with van der Waals surface area (Å²) in [6.07, 6.45) is 1.12. The monoisotopic (exact) mass is 238 g/mol. The van der Waals surface area contributed by atoms with Crippen molar-refractivity contribution < 1.29 is 9.47 Å². The van der Waals surface area contributed by atoms with Crippen molar-refractivity contribution in [2.45, 2.75) is 6.29 Å². The Labute approximate surface area is 97.9 Å². The van der Waals surface area contributed by atoms with E-state index in [4.69, 9.17) is 9.47 Å². The average molecular weight is 238 g/mol. The number of nitrogens with zero attached hydrogens (tertiary/aromatic N) is 5. The molecular formula is C9H14N6O2. The van der Waals surface area contributed by atoms with E-state index in [1.807, 2.05) is 0 Å². The molecule has 1 N–H and O–H groups in total. The molecule has 0 amide bonds. The third-order valence-electron chi connectivity index (χ3n) is 2.35. The minimum atomic E-state index is -0.336. The van der Waals surface area contributed by atoms with Crippen LogP contribution < -0.4 is 5.32 Å². The zero-order chi connectivity index (χ0) is 12.3. The van der Waals surface area contributed by atoms with E-state index in [1.54, 1.807) is 25.9 Å². The smallest absolute Gasteiger partial charge is 0.183 e. The topological polar surface area (TPSA) is 87.0 Å². The highest BCUT2D eigenvalue weighted by molar-refractivity contribution is 5.81. The van der Waals surface area contributed by atoms with Crippen LogP contribution in [0.5, 0.6) is 0 Å². The van der Waals surface area contributed by atoms with Crippen molar-refractivity contribution in [1.29, 1.82) is 0 Å². The predicted octanol–water partition coefficient (Wildman–Crippen LogP) is -0.211. The second-order valence-corrected chi connectivity index (χ2v) is 3.39. The highest BCUT2D eigenvalue weighted by Crippen LogP contribution is 2.14. The molecule has 2 aromatic heterocycles. The largest absolute Gasteiger partial charge is 0.363 e. The summed E-state index contributed by atoms with van der Waals surface area (Å²) >= 11 is 0. The number of aromatic nitrogens is 5. The van der Waals surface area contributed by atoms with Gasteiger partial charge in [0.15, 0.2) is 23.3 Å². The van der Waals surface area contributed by atoms with Gasteiger partial charge in [-0.15, -0.1) is 5.10 Å². The van der Waals surface area contributed by atoms with E-state index < -0.39 is 0 Å². The van der Waals surface area contributed by atoms with Crippen LogP contribution in [0.2, 0.25) is 0 Å². The van der Waals surface area contributed by atoms with Crippen molar-refractivity contribution in [3.05, 3.63) is 6.33 Å². The lowest BCUT2D eigenvalue weighted by molar-refractivity contribution is -0.0914. The first-order valence-corrected chi connectivity index (χ1v) is 5.06. The van der Waals surface area contributed by atoms with Crippen LogP contribution in [0.25, 0.3) is 11.2 Å². The summed E-state index contributed by atoms with van der Waals surface area (Å²) in [6, 6.07) is 0. The molecule has 0 aliphatic heterocycles. The van der Waals surface area contributed by atoms with Crippen LogP contribution in [0, 0.1) is 0 Å². The number of rotatable bonds is 5. The molecule has 0 aliphatic rings. The number of aryl methyl sites for hydroxylation is 1. The van der Waals surface area contributed by atoms with Crippen molar-refractivity contribution in [1.82, 2.24) is 25.0 Å². The second-order valence-electron chi connectivity index (χ2n) is 3.39. The van der Waals surface area contributed by atoms with Gasteiger partial charge in [0.1, 0.15) is 6.33 Å². The number of methoxy groups -OCH3 is 2.